The van der Waals surface area contributed by atoms with Crippen molar-refractivity contribution in [2.45, 2.75) is 91.1 Å². The Kier molecular flexibility index (Phi) is 25.4. The van der Waals surface area contributed by atoms with E-state index in [0.29, 0.717) is 32.8 Å². The molecule has 0 bridgehead atoms. The molecule has 2 aliphatic rings. The molecule has 1 atom stereocenters. The Morgan fingerprint density at radius 3 is 2.21 bits per heavy atom. The van der Waals surface area contributed by atoms with Crippen molar-refractivity contribution in [3.8, 4) is 22.8 Å². The smallest absolute Gasteiger partial charge is 0.427 e. The molecule has 0 spiro atoms. The van der Waals surface area contributed by atoms with E-state index in [1.807, 2.05) is 35.6 Å². The van der Waals surface area contributed by atoms with Gasteiger partial charge in [0, 0.05) is 23.4 Å². The molecule has 63 heavy (non-hydrogen) atoms. The highest BCUT2D eigenvalue weighted by Gasteiger charge is 2.40. The lowest BCUT2D eigenvalue weighted by Crippen LogP contribution is -2.29. The summed E-state index contributed by atoms with van der Waals surface area (Å²) in [6.07, 6.45) is 16.1. The number of thioether (sulfide) groups is 1. The summed E-state index contributed by atoms with van der Waals surface area (Å²) >= 11 is 13.1. The number of benzene rings is 2. The lowest BCUT2D eigenvalue weighted by atomic mass is 10.1. The number of ether oxygens (including phenoxy) is 3. The molecule has 1 unspecified atom stereocenters. The number of cyclic esters (lactones) is 1. The molecule has 1 saturated carbocycles. The van der Waals surface area contributed by atoms with E-state index in [2.05, 4.69) is 35.9 Å². The van der Waals surface area contributed by atoms with Crippen molar-refractivity contribution in [1.29, 1.82) is 0 Å². The number of aromatic nitrogens is 2. The van der Waals surface area contributed by atoms with Crippen molar-refractivity contribution in [2.75, 3.05) is 42.3 Å². The number of nitrogens with zero attached hydrogens (tertiary/aromatic N) is 3. The molecule has 1 aliphatic heterocycles. The van der Waals surface area contributed by atoms with E-state index in [4.69, 9.17) is 47.4 Å². The Balaban J connectivity index is 0.000000335. The molecule has 3 aromatic rings. The number of anilines is 1. The third-order valence-corrected chi connectivity index (χ3v) is 10.3. The second-order valence-corrected chi connectivity index (χ2v) is 20.5. The number of imide groups is 1. The second kappa shape index (κ2) is 28.9. The molecule has 3 N–H and O–H groups in total. The van der Waals surface area contributed by atoms with Gasteiger partial charge in [-0.15, -0.1) is 10.2 Å². The fourth-order valence-corrected chi connectivity index (χ4v) is 6.93. The Hall–Kier alpha value is -3.74. The maximum absolute atomic E-state index is 14.3. The first-order valence-corrected chi connectivity index (χ1v) is 26.0. The minimum atomic E-state index is -4.35. The molecule has 21 heteroatoms. The Morgan fingerprint density at radius 1 is 1.02 bits per heavy atom. The van der Waals surface area contributed by atoms with Crippen LogP contribution in [0, 0.1) is 5.82 Å². The molecule has 2 fully saturated rings. The van der Waals surface area contributed by atoms with Gasteiger partial charge in [0.1, 0.15) is 24.9 Å². The van der Waals surface area contributed by atoms with Crippen molar-refractivity contribution >= 4 is 82.4 Å². The summed E-state index contributed by atoms with van der Waals surface area (Å²) in [4.78, 5) is 64.9. The highest BCUT2D eigenvalue weighted by molar-refractivity contribution is 8.13. The zero-order chi connectivity index (χ0) is 47.1. The minimum absolute atomic E-state index is 0.00962. The van der Waals surface area contributed by atoms with Gasteiger partial charge >= 0.3 is 23.3 Å². The minimum Gasteiger partial charge on any atom is -0.778 e. The fraction of sp³-hybridized carbons (Fsp3) is 0.476. The number of aliphatic carboxylic acids is 1. The highest BCUT2D eigenvalue weighted by atomic mass is 35.5. The number of nitrogens with one attached hydrogen (secondary N) is 1. The summed E-state index contributed by atoms with van der Waals surface area (Å²) in [5, 5.41) is 17.9. The molecule has 5 rings (SSSR count). The first-order chi connectivity index (χ1) is 29.7. The molecular formula is C42H56Cl2FN4O11PS2. The molecule has 2 amide bonds. The van der Waals surface area contributed by atoms with Crippen LogP contribution in [0.3, 0.4) is 0 Å². The molecule has 348 valence electrons. The van der Waals surface area contributed by atoms with Crippen LogP contribution < -0.4 is 24.6 Å². The molecule has 15 nitrogen and oxygen atoms in total. The average molecular weight is 978 g/mol. The fourth-order valence-electron chi connectivity index (χ4n) is 5.54. The maximum atomic E-state index is 14.3. The Morgan fingerprint density at radius 2 is 1.63 bits per heavy atom. The summed E-state index contributed by atoms with van der Waals surface area (Å²) in [5.74, 6) is -1.40. The van der Waals surface area contributed by atoms with Crippen LogP contribution in [0.4, 0.5) is 19.7 Å². The van der Waals surface area contributed by atoms with E-state index >= 15 is 0 Å². The van der Waals surface area contributed by atoms with E-state index in [1.54, 1.807) is 13.8 Å². The number of carbonyl (C=O) groups excluding carboxylic acids is 3. The molecule has 0 radical (unpaired) electrons. The van der Waals surface area contributed by atoms with Crippen molar-refractivity contribution in [1.82, 2.24) is 15.5 Å². The summed E-state index contributed by atoms with van der Waals surface area (Å²) in [6, 6.07) is 13.3. The summed E-state index contributed by atoms with van der Waals surface area (Å²) in [5.41, 5.74) is 1.65. The van der Waals surface area contributed by atoms with Crippen molar-refractivity contribution in [3.63, 3.8) is 0 Å². The van der Waals surface area contributed by atoms with E-state index in [-0.39, 0.29) is 38.8 Å². The lowest BCUT2D eigenvalue weighted by molar-refractivity contribution is -0.193. The van der Waals surface area contributed by atoms with Crippen molar-refractivity contribution in [2.24, 2.45) is 0 Å². The van der Waals surface area contributed by atoms with Crippen LogP contribution in [0.25, 0.3) is 11.3 Å². The van der Waals surface area contributed by atoms with Gasteiger partial charge in [0.15, 0.2) is 16.7 Å². The van der Waals surface area contributed by atoms with E-state index < -0.39 is 44.2 Å². The third kappa shape index (κ3) is 21.7. The largest absolute Gasteiger partial charge is 0.778 e. The number of halogens is 3. The number of carboxylic acids is 1. The number of allylic oxidation sites excluding steroid dienone is 1. The molecule has 1 saturated heterocycles. The molecule has 1 aliphatic carbocycles. The Labute approximate surface area is 385 Å². The van der Waals surface area contributed by atoms with Gasteiger partial charge in [0.25, 0.3) is 0 Å². The van der Waals surface area contributed by atoms with Gasteiger partial charge in [-0.3, -0.25) is 14.9 Å². The summed E-state index contributed by atoms with van der Waals surface area (Å²) in [7, 11) is -3.71. The zero-order valence-electron chi connectivity index (χ0n) is 36.2. The summed E-state index contributed by atoms with van der Waals surface area (Å²) in [6.45, 7) is 5.00. The first kappa shape index (κ1) is 55.4. The second-order valence-electron chi connectivity index (χ2n) is 14.7. The molecule has 2 heterocycles. The molecular weight excluding hydrogens is 921 g/mol. The number of hydrogen-bond acceptors (Lipinski definition) is 13. The number of rotatable bonds is 16. The lowest BCUT2D eigenvalue weighted by Gasteiger charge is -2.18. The summed E-state index contributed by atoms with van der Waals surface area (Å²) < 4.78 is 40.5. The predicted molar refractivity (Wildman–Crippen MR) is 246 cm³/mol. The number of unbranched alkanes of at least 4 members (excludes halogenated alkanes) is 5. The van der Waals surface area contributed by atoms with Gasteiger partial charge in [-0.2, -0.15) is 0 Å². The quantitative estimate of drug-likeness (QED) is 0.0400. The van der Waals surface area contributed by atoms with Crippen molar-refractivity contribution in [3.05, 3.63) is 75.9 Å². The number of carboxylic acid groups (broad SMARTS) is 1. The van der Waals surface area contributed by atoms with Crippen LogP contribution >= 0.6 is 42.6 Å². The highest BCUT2D eigenvalue weighted by Crippen LogP contribution is 2.38. The number of hydrogen-bond donors (Lipinski definition) is 3. The van der Waals surface area contributed by atoms with Gasteiger partial charge < -0.3 is 33.7 Å². The topological polar surface area (TPSA) is 218 Å². The van der Waals surface area contributed by atoms with Gasteiger partial charge in [0.05, 0.1) is 48.4 Å². The Bertz CT molecular complexity index is 2040. The first-order valence-electron chi connectivity index (χ1n) is 20.0. The monoisotopic (exact) mass is 976 g/mol. The van der Waals surface area contributed by atoms with Crippen LogP contribution in [0.15, 0.2) is 59.9 Å². The number of amides is 2. The number of carbonyl (C=O) groups is 4. The van der Waals surface area contributed by atoms with E-state index in [0.717, 1.165) is 55.9 Å². The van der Waals surface area contributed by atoms with Crippen LogP contribution in [0.5, 0.6) is 11.5 Å². The average Bonchev–Trinajstić information content (AvgIpc) is 3.82. The van der Waals surface area contributed by atoms with Crippen LogP contribution in [-0.2, 0) is 29.8 Å². The van der Waals surface area contributed by atoms with Crippen LogP contribution in [-0.4, -0.2) is 86.9 Å². The van der Waals surface area contributed by atoms with Gasteiger partial charge in [-0.1, -0.05) is 92.6 Å². The van der Waals surface area contributed by atoms with Crippen LogP contribution in [0.1, 0.15) is 85.0 Å². The normalized spacial score (nSPS) is 14.3. The van der Waals surface area contributed by atoms with Crippen LogP contribution in [0.2, 0.25) is 10.2 Å². The zero-order valence-corrected chi connectivity index (χ0v) is 40.2. The van der Waals surface area contributed by atoms with E-state index in [1.165, 1.54) is 49.6 Å². The SMILES string of the molecule is CC(C)=C1OC(=O)N(c2cc(OC3CCCC3)c(Cl)cc2F)C1=O.CCCCCCCCSC(=O)Oc1cc(Cl)nnc1-c1ccccc1.C[S+](C)C.O=C(O)CNCP(=O)([O-])O. The maximum Gasteiger partial charge on any atom is 0.427 e. The van der Waals surface area contributed by atoms with E-state index in [9.17, 15) is 33.0 Å². The van der Waals surface area contributed by atoms with Crippen molar-refractivity contribution < 1.29 is 57.2 Å². The van der Waals surface area contributed by atoms with Gasteiger partial charge in [0.2, 0.25) is 0 Å². The van der Waals surface area contributed by atoms with Gasteiger partial charge in [-0.05, 0) is 80.2 Å². The predicted octanol–water partition coefficient (Wildman–Crippen LogP) is 9.63. The van der Waals surface area contributed by atoms with Gasteiger partial charge in [-0.25, -0.2) is 18.9 Å². The molecule has 1 aromatic heterocycles. The third-order valence-electron chi connectivity index (χ3n) is 8.34. The molecule has 2 aromatic carbocycles. The standard InChI is InChI=1S/C19H23ClN2O2S.C17H17ClFNO4.C3H8NO5P.C3H9S/c1-2-3-4-5-6-10-13-25-19(23)24-16-14-17(20)21-22-18(16)15-11-8-7-9-12-15;1-9(2)15-16(21)20(17(22)24-15)13-8-14(11(18)7-12(13)19)23-10-5-3-4-6-10;5-3(6)1-4-2-10(7,8)9;1-4(2)3/h7-9,11-12,14H,2-6,10,13H2,1H3;7-8,10H,3-6H2,1-2H3;4H,1-2H2,(H,5,6)(H2,7,8,9);1-3H3/q;;;+1/p-1.